The molecule has 0 aliphatic carbocycles. The Kier molecular flexibility index (Phi) is 5.18. The van der Waals surface area contributed by atoms with Crippen LogP contribution < -0.4 is 9.47 Å². The molecule has 0 N–H and O–H groups in total. The first-order valence-electron chi connectivity index (χ1n) is 6.40. The van der Waals surface area contributed by atoms with E-state index in [1.165, 1.54) is 0 Å². The van der Waals surface area contributed by atoms with Crippen molar-refractivity contribution >= 4 is 15.9 Å². The van der Waals surface area contributed by atoms with Crippen LogP contribution in [0.15, 0.2) is 30.3 Å². The molecule has 0 aliphatic heterocycles. The Hall–Kier alpha value is -2.06. The second kappa shape index (κ2) is 7.09. The van der Waals surface area contributed by atoms with Crippen molar-refractivity contribution in [1.29, 1.82) is 5.26 Å². The Morgan fingerprint density at radius 1 is 1.24 bits per heavy atom. The van der Waals surface area contributed by atoms with E-state index >= 15 is 0 Å². The van der Waals surface area contributed by atoms with Gasteiger partial charge in [0.2, 0.25) is 0 Å². The van der Waals surface area contributed by atoms with Gasteiger partial charge in [0.1, 0.15) is 18.1 Å². The van der Waals surface area contributed by atoms with Crippen LogP contribution in [0.1, 0.15) is 22.5 Å². The summed E-state index contributed by atoms with van der Waals surface area (Å²) in [6, 6.07) is 11.2. The predicted molar refractivity (Wildman–Crippen MR) is 83.6 cm³/mol. The van der Waals surface area contributed by atoms with Crippen LogP contribution in [0.5, 0.6) is 11.5 Å². The number of nitriles is 1. The largest absolute Gasteiger partial charge is 0.496 e. The van der Waals surface area contributed by atoms with E-state index in [-0.39, 0.29) is 0 Å². The predicted octanol–water partition coefficient (Wildman–Crippen LogP) is 3.74. The summed E-state index contributed by atoms with van der Waals surface area (Å²) in [4.78, 5) is 4.42. The Balaban J connectivity index is 2.22. The number of hydrogen-bond donors (Lipinski definition) is 0. The Bertz CT molecular complexity index is 680. The molecule has 21 heavy (non-hydrogen) atoms. The number of aryl methyl sites for hydroxylation is 1. The SMILES string of the molecule is COc1ccc(C#N)cc1COc1ccc(C)nc1CBr. The number of alkyl halides is 1. The van der Waals surface area contributed by atoms with Crippen LogP contribution in [-0.2, 0) is 11.9 Å². The molecule has 1 aromatic carbocycles. The van der Waals surface area contributed by atoms with Crippen molar-refractivity contribution in [3.8, 4) is 17.6 Å². The minimum Gasteiger partial charge on any atom is -0.496 e. The topological polar surface area (TPSA) is 55.1 Å². The standard InChI is InChI=1S/C16H15BrN2O2/c1-11-3-5-16(14(8-17)19-11)21-10-13-7-12(9-18)4-6-15(13)20-2/h3-7H,8,10H2,1-2H3. The zero-order chi connectivity index (χ0) is 15.2. The second-order valence-corrected chi connectivity index (χ2v) is 5.02. The summed E-state index contributed by atoms with van der Waals surface area (Å²) in [6.45, 7) is 2.26. The molecular formula is C16H15BrN2O2. The van der Waals surface area contributed by atoms with Crippen molar-refractivity contribution in [1.82, 2.24) is 4.98 Å². The quantitative estimate of drug-likeness (QED) is 0.773. The van der Waals surface area contributed by atoms with Gasteiger partial charge in [0.15, 0.2) is 0 Å². The van der Waals surface area contributed by atoms with E-state index < -0.39 is 0 Å². The third-order valence-corrected chi connectivity index (χ3v) is 3.52. The summed E-state index contributed by atoms with van der Waals surface area (Å²) < 4.78 is 11.1. The number of methoxy groups -OCH3 is 1. The number of rotatable bonds is 5. The van der Waals surface area contributed by atoms with Gasteiger partial charge in [-0.05, 0) is 37.3 Å². The van der Waals surface area contributed by atoms with E-state index in [4.69, 9.17) is 14.7 Å². The maximum absolute atomic E-state index is 8.98. The Labute approximate surface area is 132 Å². The number of aromatic nitrogens is 1. The third kappa shape index (κ3) is 3.73. The molecule has 2 aromatic rings. The summed E-state index contributed by atoms with van der Waals surface area (Å²) in [5, 5.41) is 9.60. The fraction of sp³-hybridized carbons (Fsp3) is 0.250. The average Bonchev–Trinajstić information content (AvgIpc) is 2.53. The molecule has 0 unspecified atom stereocenters. The molecule has 108 valence electrons. The van der Waals surface area contributed by atoms with Crippen molar-refractivity contribution in [3.63, 3.8) is 0 Å². The normalized spacial score (nSPS) is 10.0. The van der Waals surface area contributed by atoms with Gasteiger partial charge >= 0.3 is 0 Å². The Morgan fingerprint density at radius 3 is 2.67 bits per heavy atom. The highest BCUT2D eigenvalue weighted by Gasteiger charge is 2.09. The van der Waals surface area contributed by atoms with E-state index in [2.05, 4.69) is 27.0 Å². The van der Waals surface area contributed by atoms with Crippen LogP contribution in [0.3, 0.4) is 0 Å². The van der Waals surface area contributed by atoms with Crippen molar-refractivity contribution in [2.75, 3.05) is 7.11 Å². The highest BCUT2D eigenvalue weighted by molar-refractivity contribution is 9.08. The van der Waals surface area contributed by atoms with Crippen LogP contribution in [0.4, 0.5) is 0 Å². The van der Waals surface area contributed by atoms with E-state index in [1.807, 2.05) is 19.1 Å². The molecule has 0 amide bonds. The minimum atomic E-state index is 0.323. The average molecular weight is 347 g/mol. The fourth-order valence-electron chi connectivity index (χ4n) is 1.94. The lowest BCUT2D eigenvalue weighted by atomic mass is 10.1. The first-order valence-corrected chi connectivity index (χ1v) is 7.52. The molecule has 1 heterocycles. The number of pyridine rings is 1. The van der Waals surface area contributed by atoms with Crippen LogP contribution >= 0.6 is 15.9 Å². The summed E-state index contributed by atoms with van der Waals surface area (Å²) in [6.07, 6.45) is 0. The fourth-order valence-corrected chi connectivity index (χ4v) is 2.34. The number of nitrogens with zero attached hydrogens (tertiary/aromatic N) is 2. The Morgan fingerprint density at radius 2 is 2.00 bits per heavy atom. The van der Waals surface area contributed by atoms with Crippen molar-refractivity contribution < 1.29 is 9.47 Å². The van der Waals surface area contributed by atoms with E-state index in [1.54, 1.807) is 25.3 Å². The minimum absolute atomic E-state index is 0.323. The zero-order valence-electron chi connectivity index (χ0n) is 11.9. The number of hydrogen-bond acceptors (Lipinski definition) is 4. The highest BCUT2D eigenvalue weighted by Crippen LogP contribution is 2.24. The van der Waals surface area contributed by atoms with Gasteiger partial charge in [-0.1, -0.05) is 15.9 Å². The molecule has 0 saturated carbocycles. The molecule has 0 aliphatic rings. The molecule has 1 aromatic heterocycles. The zero-order valence-corrected chi connectivity index (χ0v) is 13.5. The first-order chi connectivity index (χ1) is 10.2. The van der Waals surface area contributed by atoms with Gasteiger partial charge in [0.25, 0.3) is 0 Å². The lowest BCUT2D eigenvalue weighted by Gasteiger charge is -2.12. The molecule has 0 atom stereocenters. The lowest BCUT2D eigenvalue weighted by Crippen LogP contribution is -2.02. The van der Waals surface area contributed by atoms with Crippen LogP contribution in [0, 0.1) is 18.3 Å². The summed E-state index contributed by atoms with van der Waals surface area (Å²) in [5.41, 5.74) is 3.21. The first kappa shape index (κ1) is 15.3. The molecule has 5 heteroatoms. The molecule has 2 rings (SSSR count). The van der Waals surface area contributed by atoms with Crippen LogP contribution in [0.2, 0.25) is 0 Å². The monoisotopic (exact) mass is 346 g/mol. The van der Waals surface area contributed by atoms with Crippen LogP contribution in [0.25, 0.3) is 0 Å². The van der Waals surface area contributed by atoms with Crippen LogP contribution in [-0.4, -0.2) is 12.1 Å². The number of halogens is 1. The second-order valence-electron chi connectivity index (χ2n) is 4.46. The van der Waals surface area contributed by atoms with E-state index in [9.17, 15) is 0 Å². The number of benzene rings is 1. The maximum atomic E-state index is 8.98. The van der Waals surface area contributed by atoms with E-state index in [0.29, 0.717) is 23.2 Å². The van der Waals surface area contributed by atoms with E-state index in [0.717, 1.165) is 22.7 Å². The molecule has 0 radical (unpaired) electrons. The molecular weight excluding hydrogens is 332 g/mol. The van der Waals surface area contributed by atoms with Gasteiger partial charge < -0.3 is 9.47 Å². The molecule has 4 nitrogen and oxygen atoms in total. The number of ether oxygens (including phenoxy) is 2. The van der Waals surface area contributed by atoms with Gasteiger partial charge in [0, 0.05) is 16.6 Å². The maximum Gasteiger partial charge on any atom is 0.142 e. The summed E-state index contributed by atoms with van der Waals surface area (Å²) in [5.74, 6) is 1.43. The van der Waals surface area contributed by atoms with Crippen molar-refractivity contribution in [2.24, 2.45) is 0 Å². The summed E-state index contributed by atoms with van der Waals surface area (Å²) in [7, 11) is 1.60. The van der Waals surface area contributed by atoms with Crippen molar-refractivity contribution in [2.45, 2.75) is 18.9 Å². The highest BCUT2D eigenvalue weighted by atomic mass is 79.9. The van der Waals surface area contributed by atoms with Gasteiger partial charge in [-0.25, -0.2) is 0 Å². The van der Waals surface area contributed by atoms with Gasteiger partial charge in [-0.2, -0.15) is 5.26 Å². The van der Waals surface area contributed by atoms with Crippen molar-refractivity contribution in [3.05, 3.63) is 52.8 Å². The van der Waals surface area contributed by atoms with Gasteiger partial charge in [-0.3, -0.25) is 4.98 Å². The molecule has 0 spiro atoms. The molecule has 0 fully saturated rings. The molecule has 0 bridgehead atoms. The summed E-state index contributed by atoms with van der Waals surface area (Å²) >= 11 is 3.41. The van der Waals surface area contributed by atoms with Gasteiger partial charge in [0.05, 0.1) is 24.4 Å². The van der Waals surface area contributed by atoms with Gasteiger partial charge in [-0.15, -0.1) is 0 Å². The smallest absolute Gasteiger partial charge is 0.142 e. The third-order valence-electron chi connectivity index (χ3n) is 2.99. The molecule has 0 saturated heterocycles. The lowest BCUT2D eigenvalue weighted by molar-refractivity contribution is 0.293.